The number of nitrogens with one attached hydrogen (secondary N) is 1. The van der Waals surface area contributed by atoms with E-state index >= 15 is 0 Å². The van der Waals surface area contributed by atoms with Crippen LogP contribution in [0.5, 0.6) is 0 Å². The van der Waals surface area contributed by atoms with E-state index in [0.29, 0.717) is 34.4 Å². The van der Waals surface area contributed by atoms with Crippen molar-refractivity contribution in [2.24, 2.45) is 0 Å². The zero-order chi connectivity index (χ0) is 17.3. The number of amides is 1. The minimum absolute atomic E-state index is 0.159. The van der Waals surface area contributed by atoms with E-state index in [-0.39, 0.29) is 11.7 Å². The third-order valence-corrected chi connectivity index (χ3v) is 6.13. The Morgan fingerprint density at radius 2 is 2.08 bits per heavy atom. The van der Waals surface area contributed by atoms with E-state index in [2.05, 4.69) is 26.2 Å². The van der Waals surface area contributed by atoms with Gasteiger partial charge in [0.05, 0.1) is 17.0 Å². The van der Waals surface area contributed by atoms with Crippen LogP contribution in [0.4, 0.5) is 11.4 Å². The van der Waals surface area contributed by atoms with E-state index in [0.717, 1.165) is 5.56 Å². The lowest BCUT2D eigenvalue weighted by molar-refractivity contribution is 0.102. The maximum Gasteiger partial charge on any atom is 0.257 e. The van der Waals surface area contributed by atoms with Crippen LogP contribution in [0.2, 0.25) is 0 Å². The van der Waals surface area contributed by atoms with Gasteiger partial charge in [-0.1, -0.05) is 6.07 Å². The summed E-state index contributed by atoms with van der Waals surface area (Å²) in [6.45, 7) is 2.32. The molecule has 0 atom stereocenters. The molecule has 2 heterocycles. The molecule has 1 N–H and O–H groups in total. The number of carbonyl (C=O) groups is 1. The fourth-order valence-corrected chi connectivity index (χ4v) is 4.48. The van der Waals surface area contributed by atoms with Gasteiger partial charge in [-0.25, -0.2) is 8.42 Å². The number of sulfonamides is 1. The molecule has 0 spiro atoms. The average molecular weight is 410 g/mol. The standard InChI is InChI=1S/C16H16BrN3O3S/c1-11-3-4-14(20-5-2-6-24(20,22)23)8-15(11)19-16(21)12-7-13(17)10-18-9-12/h3-4,7-10H,2,5-6H2,1H3,(H,19,21). The molecule has 0 radical (unpaired) electrons. The highest BCUT2D eigenvalue weighted by molar-refractivity contribution is 9.10. The highest BCUT2D eigenvalue weighted by Gasteiger charge is 2.28. The second kappa shape index (κ2) is 6.52. The Morgan fingerprint density at radius 3 is 2.75 bits per heavy atom. The molecule has 1 fully saturated rings. The van der Waals surface area contributed by atoms with Gasteiger partial charge < -0.3 is 5.32 Å². The number of benzene rings is 1. The summed E-state index contributed by atoms with van der Waals surface area (Å²) in [5.74, 6) is -0.139. The maximum absolute atomic E-state index is 12.4. The number of aromatic nitrogens is 1. The van der Waals surface area contributed by atoms with Crippen molar-refractivity contribution in [3.63, 3.8) is 0 Å². The topological polar surface area (TPSA) is 79.4 Å². The maximum atomic E-state index is 12.4. The molecule has 0 unspecified atom stereocenters. The summed E-state index contributed by atoms with van der Waals surface area (Å²) in [6, 6.07) is 6.93. The van der Waals surface area contributed by atoms with Gasteiger partial charge in [0.15, 0.2) is 0 Å². The predicted molar refractivity (Wildman–Crippen MR) is 96.8 cm³/mol. The van der Waals surface area contributed by atoms with Gasteiger partial charge in [0, 0.05) is 29.1 Å². The summed E-state index contributed by atoms with van der Waals surface area (Å²) >= 11 is 3.28. The van der Waals surface area contributed by atoms with Crippen molar-refractivity contribution in [1.82, 2.24) is 4.98 Å². The molecular formula is C16H16BrN3O3S. The first-order valence-corrected chi connectivity index (χ1v) is 9.80. The lowest BCUT2D eigenvalue weighted by atomic mass is 10.1. The molecule has 1 aromatic heterocycles. The third kappa shape index (κ3) is 3.44. The van der Waals surface area contributed by atoms with Crippen LogP contribution in [0, 0.1) is 6.92 Å². The van der Waals surface area contributed by atoms with Crippen molar-refractivity contribution < 1.29 is 13.2 Å². The molecule has 2 aromatic rings. The number of halogens is 1. The van der Waals surface area contributed by atoms with E-state index in [1.54, 1.807) is 30.5 Å². The Hall–Kier alpha value is -1.93. The molecule has 1 aliphatic rings. The molecule has 8 heteroatoms. The van der Waals surface area contributed by atoms with Crippen LogP contribution in [-0.4, -0.2) is 31.6 Å². The minimum atomic E-state index is -3.25. The number of pyridine rings is 1. The first kappa shape index (κ1) is 16.9. The Balaban J connectivity index is 1.88. The van der Waals surface area contributed by atoms with Crippen molar-refractivity contribution in [3.05, 3.63) is 52.3 Å². The van der Waals surface area contributed by atoms with Gasteiger partial charge in [0.1, 0.15) is 0 Å². The molecule has 126 valence electrons. The summed E-state index contributed by atoms with van der Waals surface area (Å²) in [6.07, 6.45) is 3.69. The van der Waals surface area contributed by atoms with E-state index in [9.17, 15) is 13.2 Å². The number of aryl methyl sites for hydroxylation is 1. The molecule has 1 aliphatic heterocycles. The van der Waals surface area contributed by atoms with Crippen LogP contribution in [-0.2, 0) is 10.0 Å². The van der Waals surface area contributed by atoms with E-state index in [1.165, 1.54) is 10.5 Å². The Morgan fingerprint density at radius 1 is 1.29 bits per heavy atom. The van der Waals surface area contributed by atoms with Crippen molar-refractivity contribution in [1.29, 1.82) is 0 Å². The van der Waals surface area contributed by atoms with Crippen LogP contribution < -0.4 is 9.62 Å². The quantitative estimate of drug-likeness (QED) is 0.844. The van der Waals surface area contributed by atoms with Gasteiger partial charge in [-0.05, 0) is 53.0 Å². The monoisotopic (exact) mass is 409 g/mol. The van der Waals surface area contributed by atoms with Gasteiger partial charge in [-0.2, -0.15) is 0 Å². The number of carbonyl (C=O) groups excluding carboxylic acids is 1. The summed E-state index contributed by atoms with van der Waals surface area (Å²) in [5, 5.41) is 2.82. The SMILES string of the molecule is Cc1ccc(N2CCCS2(=O)=O)cc1NC(=O)c1cncc(Br)c1. The number of nitrogens with zero attached hydrogens (tertiary/aromatic N) is 2. The van der Waals surface area contributed by atoms with E-state index in [1.807, 2.05) is 6.92 Å². The Bertz CT molecular complexity index is 899. The fraction of sp³-hybridized carbons (Fsp3) is 0.250. The minimum Gasteiger partial charge on any atom is -0.322 e. The molecular weight excluding hydrogens is 394 g/mol. The van der Waals surface area contributed by atoms with Crippen LogP contribution >= 0.6 is 15.9 Å². The zero-order valence-corrected chi connectivity index (χ0v) is 15.4. The fourth-order valence-electron chi connectivity index (χ4n) is 2.56. The normalized spacial score (nSPS) is 16.2. The van der Waals surface area contributed by atoms with Gasteiger partial charge >= 0.3 is 0 Å². The highest BCUT2D eigenvalue weighted by Crippen LogP contribution is 2.28. The molecule has 1 amide bonds. The highest BCUT2D eigenvalue weighted by atomic mass is 79.9. The zero-order valence-electron chi connectivity index (χ0n) is 13.0. The Kier molecular flexibility index (Phi) is 4.60. The molecule has 0 saturated carbocycles. The van der Waals surface area contributed by atoms with Gasteiger partial charge in [0.2, 0.25) is 10.0 Å². The largest absolute Gasteiger partial charge is 0.322 e. The molecule has 0 aliphatic carbocycles. The number of rotatable bonds is 3. The van der Waals surface area contributed by atoms with Crippen molar-refractivity contribution in [2.75, 3.05) is 21.9 Å². The predicted octanol–water partition coefficient (Wildman–Crippen LogP) is 2.94. The second-order valence-electron chi connectivity index (χ2n) is 5.59. The molecule has 0 bridgehead atoms. The Labute approximate surface area is 149 Å². The second-order valence-corrected chi connectivity index (χ2v) is 8.52. The lowest BCUT2D eigenvalue weighted by Gasteiger charge is -2.19. The first-order chi connectivity index (χ1) is 11.4. The summed E-state index contributed by atoms with van der Waals surface area (Å²) in [5.41, 5.74) is 2.43. The molecule has 6 nitrogen and oxygen atoms in total. The number of hydrogen-bond donors (Lipinski definition) is 1. The third-order valence-electron chi connectivity index (χ3n) is 3.82. The molecule has 3 rings (SSSR count). The van der Waals surface area contributed by atoms with Crippen LogP contribution in [0.3, 0.4) is 0 Å². The van der Waals surface area contributed by atoms with Crippen LogP contribution in [0.15, 0.2) is 41.1 Å². The summed E-state index contributed by atoms with van der Waals surface area (Å²) in [7, 11) is -3.25. The average Bonchev–Trinajstić information content (AvgIpc) is 2.89. The van der Waals surface area contributed by atoms with Crippen molar-refractivity contribution in [2.45, 2.75) is 13.3 Å². The molecule has 1 aromatic carbocycles. The summed E-state index contributed by atoms with van der Waals surface area (Å²) in [4.78, 5) is 16.3. The number of hydrogen-bond acceptors (Lipinski definition) is 4. The van der Waals surface area contributed by atoms with Crippen LogP contribution in [0.25, 0.3) is 0 Å². The smallest absolute Gasteiger partial charge is 0.257 e. The molecule has 1 saturated heterocycles. The lowest BCUT2D eigenvalue weighted by Crippen LogP contribution is -2.25. The van der Waals surface area contributed by atoms with Crippen molar-refractivity contribution in [3.8, 4) is 0 Å². The summed E-state index contributed by atoms with van der Waals surface area (Å²) < 4.78 is 26.2. The van der Waals surface area contributed by atoms with Gasteiger partial charge in [-0.15, -0.1) is 0 Å². The van der Waals surface area contributed by atoms with E-state index < -0.39 is 10.0 Å². The van der Waals surface area contributed by atoms with Gasteiger partial charge in [0.25, 0.3) is 5.91 Å². The molecule has 24 heavy (non-hydrogen) atoms. The van der Waals surface area contributed by atoms with E-state index in [4.69, 9.17) is 0 Å². The number of anilines is 2. The van der Waals surface area contributed by atoms with Crippen LogP contribution in [0.1, 0.15) is 22.3 Å². The van der Waals surface area contributed by atoms with Gasteiger partial charge in [-0.3, -0.25) is 14.1 Å². The van der Waals surface area contributed by atoms with Crippen molar-refractivity contribution >= 4 is 43.2 Å². The first-order valence-electron chi connectivity index (χ1n) is 7.40.